The predicted molar refractivity (Wildman–Crippen MR) is 104 cm³/mol. The molecule has 5 nitrogen and oxygen atoms in total. The molecule has 2 aromatic carbocycles. The third-order valence-corrected chi connectivity index (χ3v) is 5.05. The van der Waals surface area contributed by atoms with E-state index < -0.39 is 0 Å². The van der Waals surface area contributed by atoms with Gasteiger partial charge in [0.05, 0.1) is 5.69 Å². The Hall–Kier alpha value is -2.34. The molecular weight excluding hydrogens is 396 g/mol. The summed E-state index contributed by atoms with van der Waals surface area (Å²) in [5, 5.41) is 2.92. The zero-order chi connectivity index (χ0) is 18.5. The van der Waals surface area contributed by atoms with Gasteiger partial charge in [0.2, 0.25) is 5.91 Å². The van der Waals surface area contributed by atoms with E-state index in [0.717, 1.165) is 21.3 Å². The lowest BCUT2D eigenvalue weighted by molar-refractivity contribution is -0.123. The van der Waals surface area contributed by atoms with E-state index in [1.807, 2.05) is 49.4 Å². The minimum absolute atomic E-state index is 0.0223. The van der Waals surface area contributed by atoms with Crippen molar-refractivity contribution in [2.24, 2.45) is 0 Å². The molecule has 0 fully saturated rings. The van der Waals surface area contributed by atoms with Gasteiger partial charge in [-0.15, -0.1) is 0 Å². The zero-order valence-electron chi connectivity index (χ0n) is 14.6. The predicted octanol–water partition coefficient (Wildman–Crippen LogP) is 3.58. The van der Waals surface area contributed by atoms with Gasteiger partial charge in [-0.05, 0) is 42.7 Å². The van der Waals surface area contributed by atoms with E-state index in [4.69, 9.17) is 4.74 Å². The summed E-state index contributed by atoms with van der Waals surface area (Å²) in [5.74, 6) is 0.622. The summed E-state index contributed by atoms with van der Waals surface area (Å²) >= 11 is 3.47. The van der Waals surface area contributed by atoms with Crippen LogP contribution in [0.15, 0.2) is 46.9 Å². The highest BCUT2D eigenvalue weighted by Crippen LogP contribution is 2.32. The second kappa shape index (κ2) is 8.36. The molecule has 0 radical (unpaired) electrons. The fraction of sp³-hybridized carbons (Fsp3) is 0.300. The molecule has 3 rings (SSSR count). The second-order valence-corrected chi connectivity index (χ2v) is 7.13. The molecule has 2 amide bonds. The normalized spacial score (nSPS) is 13.2. The Balaban J connectivity index is 1.52. The van der Waals surface area contributed by atoms with Gasteiger partial charge in [-0.1, -0.05) is 40.2 Å². The third-order valence-electron chi connectivity index (χ3n) is 4.28. The number of hydrogen-bond acceptors (Lipinski definition) is 3. The molecule has 0 aromatic heterocycles. The van der Waals surface area contributed by atoms with Gasteiger partial charge < -0.3 is 15.0 Å². The largest absolute Gasteiger partial charge is 0.482 e. The minimum Gasteiger partial charge on any atom is -0.482 e. The molecule has 0 unspecified atom stereocenters. The van der Waals surface area contributed by atoms with Gasteiger partial charge in [0.15, 0.2) is 6.61 Å². The maximum atomic E-state index is 12.2. The van der Waals surface area contributed by atoms with E-state index in [-0.39, 0.29) is 18.4 Å². The van der Waals surface area contributed by atoms with Gasteiger partial charge in [0, 0.05) is 24.0 Å². The lowest BCUT2D eigenvalue weighted by atomic mass is 10.1. The van der Waals surface area contributed by atoms with Gasteiger partial charge in [-0.25, -0.2) is 0 Å². The highest BCUT2D eigenvalue weighted by Gasteiger charge is 2.25. The Morgan fingerprint density at radius 2 is 2.08 bits per heavy atom. The van der Waals surface area contributed by atoms with E-state index >= 15 is 0 Å². The fourth-order valence-electron chi connectivity index (χ4n) is 2.88. The maximum absolute atomic E-state index is 12.2. The van der Waals surface area contributed by atoms with Crippen LogP contribution >= 0.6 is 15.9 Å². The lowest BCUT2D eigenvalue weighted by Crippen LogP contribution is -2.39. The molecule has 26 heavy (non-hydrogen) atoms. The zero-order valence-corrected chi connectivity index (χ0v) is 16.2. The molecule has 0 spiro atoms. The van der Waals surface area contributed by atoms with Crippen molar-refractivity contribution < 1.29 is 14.3 Å². The number of anilines is 1. The molecular formula is C20H21BrN2O3. The molecule has 2 aromatic rings. The first-order chi connectivity index (χ1) is 12.5. The Morgan fingerprint density at radius 3 is 2.88 bits per heavy atom. The molecule has 0 saturated heterocycles. The first-order valence-corrected chi connectivity index (χ1v) is 9.38. The van der Waals surface area contributed by atoms with Gasteiger partial charge in [0.1, 0.15) is 5.75 Å². The van der Waals surface area contributed by atoms with Gasteiger partial charge in [0.25, 0.3) is 5.91 Å². The fourth-order valence-corrected chi connectivity index (χ4v) is 3.30. The van der Waals surface area contributed by atoms with Gasteiger partial charge in [-0.3, -0.25) is 9.59 Å². The molecule has 6 heteroatoms. The number of nitrogens with one attached hydrogen (secondary N) is 1. The van der Waals surface area contributed by atoms with Crippen LogP contribution in [-0.2, 0) is 16.1 Å². The van der Waals surface area contributed by atoms with E-state index in [2.05, 4.69) is 21.2 Å². The van der Waals surface area contributed by atoms with E-state index in [0.29, 0.717) is 31.7 Å². The number of ether oxygens (including phenoxy) is 1. The number of benzene rings is 2. The van der Waals surface area contributed by atoms with Crippen molar-refractivity contribution >= 4 is 33.4 Å². The Labute approximate surface area is 161 Å². The monoisotopic (exact) mass is 416 g/mol. The smallest absolute Gasteiger partial charge is 0.265 e. The SMILES string of the molecule is Cc1ccc2c(c1)N(CCCC(=O)NCc1ccccc1Br)C(=O)CO2. The first-order valence-electron chi connectivity index (χ1n) is 8.58. The Bertz CT molecular complexity index is 822. The standard InChI is InChI=1S/C20H21BrN2O3/c1-14-8-9-18-17(11-14)23(20(25)13-26-18)10-4-7-19(24)22-12-15-5-2-3-6-16(15)21/h2-3,5-6,8-9,11H,4,7,10,12-13H2,1H3,(H,22,24). The molecule has 1 N–H and O–H groups in total. The molecule has 0 bridgehead atoms. The minimum atomic E-state index is -0.0725. The van der Waals surface area contributed by atoms with Crippen molar-refractivity contribution in [3.05, 3.63) is 58.1 Å². The van der Waals surface area contributed by atoms with Gasteiger partial charge >= 0.3 is 0 Å². The average molecular weight is 417 g/mol. The van der Waals surface area contributed by atoms with Crippen molar-refractivity contribution in [1.82, 2.24) is 5.32 Å². The van der Waals surface area contributed by atoms with Crippen LogP contribution in [0.4, 0.5) is 5.69 Å². The van der Waals surface area contributed by atoms with E-state index in [1.165, 1.54) is 0 Å². The van der Waals surface area contributed by atoms with Crippen LogP contribution in [0, 0.1) is 6.92 Å². The molecule has 1 aliphatic rings. The molecule has 0 atom stereocenters. The van der Waals surface area contributed by atoms with Crippen molar-refractivity contribution in [2.45, 2.75) is 26.3 Å². The maximum Gasteiger partial charge on any atom is 0.265 e. The van der Waals surface area contributed by atoms with Crippen LogP contribution in [0.5, 0.6) is 5.75 Å². The summed E-state index contributed by atoms with van der Waals surface area (Å²) in [6, 6.07) is 13.6. The molecule has 1 heterocycles. The Morgan fingerprint density at radius 1 is 1.27 bits per heavy atom. The third kappa shape index (κ3) is 4.43. The van der Waals surface area contributed by atoms with Crippen LogP contribution in [0.3, 0.4) is 0 Å². The number of amides is 2. The topological polar surface area (TPSA) is 58.6 Å². The second-order valence-electron chi connectivity index (χ2n) is 6.28. The number of rotatable bonds is 6. The number of carbonyl (C=O) groups is 2. The summed E-state index contributed by atoms with van der Waals surface area (Å²) in [4.78, 5) is 26.0. The number of halogens is 1. The highest BCUT2D eigenvalue weighted by molar-refractivity contribution is 9.10. The van der Waals surface area contributed by atoms with Crippen LogP contribution in [-0.4, -0.2) is 25.0 Å². The highest BCUT2D eigenvalue weighted by atomic mass is 79.9. The summed E-state index contributed by atoms with van der Waals surface area (Å²) in [7, 11) is 0. The molecule has 136 valence electrons. The van der Waals surface area contributed by atoms with Gasteiger partial charge in [-0.2, -0.15) is 0 Å². The molecule has 1 aliphatic heterocycles. The molecule has 0 saturated carbocycles. The van der Waals surface area contributed by atoms with Crippen LogP contribution in [0.1, 0.15) is 24.0 Å². The first kappa shape index (κ1) is 18.5. The van der Waals surface area contributed by atoms with E-state index in [1.54, 1.807) is 4.90 Å². The van der Waals surface area contributed by atoms with Crippen molar-refractivity contribution in [3.63, 3.8) is 0 Å². The summed E-state index contributed by atoms with van der Waals surface area (Å²) in [6.45, 7) is 3.01. The summed E-state index contributed by atoms with van der Waals surface area (Å²) < 4.78 is 6.45. The van der Waals surface area contributed by atoms with Crippen molar-refractivity contribution in [1.29, 1.82) is 0 Å². The number of carbonyl (C=O) groups excluding carboxylic acids is 2. The van der Waals surface area contributed by atoms with Crippen LogP contribution < -0.4 is 15.0 Å². The van der Waals surface area contributed by atoms with E-state index in [9.17, 15) is 9.59 Å². The van der Waals surface area contributed by atoms with Crippen molar-refractivity contribution in [2.75, 3.05) is 18.1 Å². The quantitative estimate of drug-likeness (QED) is 0.782. The number of aryl methyl sites for hydroxylation is 1. The molecule has 0 aliphatic carbocycles. The van der Waals surface area contributed by atoms with Crippen molar-refractivity contribution in [3.8, 4) is 5.75 Å². The number of fused-ring (bicyclic) bond motifs is 1. The lowest BCUT2D eigenvalue weighted by Gasteiger charge is -2.29. The number of nitrogens with zero attached hydrogens (tertiary/aromatic N) is 1. The summed E-state index contributed by atoms with van der Waals surface area (Å²) in [5.41, 5.74) is 2.89. The Kier molecular flexibility index (Phi) is 5.93. The summed E-state index contributed by atoms with van der Waals surface area (Å²) in [6.07, 6.45) is 0.969. The van der Waals surface area contributed by atoms with Crippen LogP contribution in [0.2, 0.25) is 0 Å². The average Bonchev–Trinajstić information content (AvgIpc) is 2.63. The number of hydrogen-bond donors (Lipinski definition) is 1. The van der Waals surface area contributed by atoms with Crippen LogP contribution in [0.25, 0.3) is 0 Å².